The first-order chi connectivity index (χ1) is 12.6. The van der Waals surface area contributed by atoms with E-state index in [1.165, 1.54) is 0 Å². The van der Waals surface area contributed by atoms with Gasteiger partial charge in [0.2, 0.25) is 5.91 Å². The van der Waals surface area contributed by atoms with Crippen molar-refractivity contribution < 1.29 is 19.1 Å². The average molecular weight is 354 g/mol. The maximum absolute atomic E-state index is 12.4. The topological polar surface area (TPSA) is 76.7 Å². The van der Waals surface area contributed by atoms with Crippen LogP contribution in [0.15, 0.2) is 54.6 Å². The van der Waals surface area contributed by atoms with Crippen LogP contribution < -0.4 is 15.4 Å². The van der Waals surface area contributed by atoms with E-state index >= 15 is 0 Å². The van der Waals surface area contributed by atoms with Crippen LogP contribution in [0.1, 0.15) is 30.5 Å². The molecule has 0 radical (unpaired) electrons. The maximum atomic E-state index is 12.4. The molecule has 0 spiro atoms. The Balaban J connectivity index is 1.50. The Morgan fingerprint density at radius 3 is 2.69 bits per heavy atom. The minimum Gasteiger partial charge on any atom is -0.493 e. The van der Waals surface area contributed by atoms with E-state index in [9.17, 15) is 9.59 Å². The first kappa shape index (κ1) is 17.8. The van der Waals surface area contributed by atoms with Gasteiger partial charge in [0, 0.05) is 12.0 Å². The SMILES string of the molecule is C[C@H](NC(=O)OCc1ccccc1)C(=O)N[C@@H]1CCOc2ccccc21. The van der Waals surface area contributed by atoms with Gasteiger partial charge in [-0.2, -0.15) is 0 Å². The summed E-state index contributed by atoms with van der Waals surface area (Å²) in [6, 6.07) is 16.2. The van der Waals surface area contributed by atoms with Gasteiger partial charge >= 0.3 is 6.09 Å². The lowest BCUT2D eigenvalue weighted by atomic mass is 10.0. The molecule has 2 amide bonds. The molecule has 2 atom stereocenters. The Kier molecular flexibility index (Phi) is 5.73. The minimum atomic E-state index is -0.701. The summed E-state index contributed by atoms with van der Waals surface area (Å²) in [5, 5.41) is 5.52. The molecule has 0 aliphatic carbocycles. The Bertz CT molecular complexity index is 763. The van der Waals surface area contributed by atoms with Gasteiger partial charge in [-0.25, -0.2) is 4.79 Å². The van der Waals surface area contributed by atoms with Gasteiger partial charge in [-0.3, -0.25) is 4.79 Å². The third kappa shape index (κ3) is 4.53. The van der Waals surface area contributed by atoms with Crippen LogP contribution in [0.25, 0.3) is 0 Å². The van der Waals surface area contributed by atoms with E-state index in [0.29, 0.717) is 13.0 Å². The lowest BCUT2D eigenvalue weighted by Gasteiger charge is -2.27. The summed E-state index contributed by atoms with van der Waals surface area (Å²) in [6.07, 6.45) is 0.0670. The number of benzene rings is 2. The quantitative estimate of drug-likeness (QED) is 0.865. The highest BCUT2D eigenvalue weighted by Gasteiger charge is 2.25. The van der Waals surface area contributed by atoms with Gasteiger partial charge in [0.15, 0.2) is 0 Å². The molecule has 0 saturated carbocycles. The van der Waals surface area contributed by atoms with E-state index in [4.69, 9.17) is 9.47 Å². The number of carbonyl (C=O) groups is 2. The van der Waals surface area contributed by atoms with Crippen molar-refractivity contribution in [1.29, 1.82) is 0 Å². The molecular formula is C20H22N2O4. The van der Waals surface area contributed by atoms with Gasteiger partial charge in [-0.15, -0.1) is 0 Å². The molecule has 0 unspecified atom stereocenters. The number of ether oxygens (including phenoxy) is 2. The Morgan fingerprint density at radius 1 is 1.15 bits per heavy atom. The fourth-order valence-electron chi connectivity index (χ4n) is 2.80. The van der Waals surface area contributed by atoms with Crippen LogP contribution in [-0.4, -0.2) is 24.6 Å². The molecule has 2 aromatic rings. The number of nitrogens with one attached hydrogen (secondary N) is 2. The molecule has 1 heterocycles. The molecule has 0 saturated heterocycles. The highest BCUT2D eigenvalue weighted by Crippen LogP contribution is 2.31. The zero-order valence-corrected chi connectivity index (χ0v) is 14.6. The molecule has 0 bridgehead atoms. The van der Waals surface area contributed by atoms with Crippen LogP contribution in [0.4, 0.5) is 4.79 Å². The summed E-state index contributed by atoms with van der Waals surface area (Å²) in [7, 11) is 0. The summed E-state index contributed by atoms with van der Waals surface area (Å²) >= 11 is 0. The van der Waals surface area contributed by atoms with Gasteiger partial charge in [-0.05, 0) is 18.6 Å². The number of hydrogen-bond acceptors (Lipinski definition) is 4. The van der Waals surface area contributed by atoms with Crippen LogP contribution in [0.2, 0.25) is 0 Å². The first-order valence-corrected chi connectivity index (χ1v) is 8.63. The van der Waals surface area contributed by atoms with Gasteiger partial charge < -0.3 is 20.1 Å². The van der Waals surface area contributed by atoms with E-state index in [-0.39, 0.29) is 18.6 Å². The van der Waals surface area contributed by atoms with Gasteiger partial charge in [0.05, 0.1) is 12.6 Å². The van der Waals surface area contributed by atoms with Gasteiger partial charge in [0.1, 0.15) is 18.4 Å². The van der Waals surface area contributed by atoms with Crippen molar-refractivity contribution in [2.75, 3.05) is 6.61 Å². The third-order valence-electron chi connectivity index (χ3n) is 4.22. The molecule has 3 rings (SSSR count). The van der Waals surface area contributed by atoms with Crippen LogP contribution in [0, 0.1) is 0 Å². The molecule has 2 aromatic carbocycles. The summed E-state index contributed by atoms with van der Waals surface area (Å²) in [4.78, 5) is 24.3. The second kappa shape index (κ2) is 8.38. The summed E-state index contributed by atoms with van der Waals surface area (Å²) in [6.45, 7) is 2.33. The third-order valence-corrected chi connectivity index (χ3v) is 4.22. The second-order valence-corrected chi connectivity index (χ2v) is 6.16. The number of fused-ring (bicyclic) bond motifs is 1. The minimum absolute atomic E-state index is 0.128. The van der Waals surface area contributed by atoms with Crippen molar-refractivity contribution in [3.63, 3.8) is 0 Å². The van der Waals surface area contributed by atoms with E-state index in [0.717, 1.165) is 16.9 Å². The molecule has 6 heteroatoms. The number of para-hydroxylation sites is 1. The second-order valence-electron chi connectivity index (χ2n) is 6.16. The Morgan fingerprint density at radius 2 is 1.88 bits per heavy atom. The van der Waals surface area contributed by atoms with Crippen LogP contribution in [0.3, 0.4) is 0 Å². The van der Waals surface area contributed by atoms with Crippen molar-refractivity contribution in [3.05, 3.63) is 65.7 Å². The van der Waals surface area contributed by atoms with Crippen LogP contribution >= 0.6 is 0 Å². The van der Waals surface area contributed by atoms with Gasteiger partial charge in [-0.1, -0.05) is 48.5 Å². The largest absolute Gasteiger partial charge is 0.493 e. The van der Waals surface area contributed by atoms with Crippen molar-refractivity contribution >= 4 is 12.0 Å². The summed E-state index contributed by atoms with van der Waals surface area (Å²) in [5.74, 6) is 0.523. The first-order valence-electron chi connectivity index (χ1n) is 8.63. The number of amides is 2. The molecule has 136 valence electrons. The van der Waals surface area contributed by atoms with Crippen molar-refractivity contribution in [1.82, 2.24) is 10.6 Å². The summed E-state index contributed by atoms with van der Waals surface area (Å²) < 4.78 is 10.7. The average Bonchev–Trinajstić information content (AvgIpc) is 2.67. The van der Waals surface area contributed by atoms with E-state index < -0.39 is 12.1 Å². The Hall–Kier alpha value is -3.02. The number of carbonyl (C=O) groups excluding carboxylic acids is 2. The van der Waals surface area contributed by atoms with Gasteiger partial charge in [0.25, 0.3) is 0 Å². The van der Waals surface area contributed by atoms with E-state index in [1.54, 1.807) is 6.92 Å². The highest BCUT2D eigenvalue weighted by atomic mass is 16.5. The predicted octanol–water partition coefficient (Wildman–Crippen LogP) is 2.94. The fraction of sp³-hybridized carbons (Fsp3) is 0.300. The molecular weight excluding hydrogens is 332 g/mol. The normalized spacial score (nSPS) is 16.6. The molecule has 1 aliphatic heterocycles. The monoisotopic (exact) mass is 354 g/mol. The van der Waals surface area contributed by atoms with Crippen molar-refractivity contribution in [3.8, 4) is 5.75 Å². The van der Waals surface area contributed by atoms with Crippen LogP contribution in [0.5, 0.6) is 5.75 Å². The molecule has 0 aromatic heterocycles. The van der Waals surface area contributed by atoms with Crippen molar-refractivity contribution in [2.45, 2.75) is 32.0 Å². The zero-order chi connectivity index (χ0) is 18.4. The molecule has 6 nitrogen and oxygen atoms in total. The predicted molar refractivity (Wildman–Crippen MR) is 96.7 cm³/mol. The Labute approximate surface area is 152 Å². The van der Waals surface area contributed by atoms with E-state index in [1.807, 2.05) is 54.6 Å². The fourth-order valence-corrected chi connectivity index (χ4v) is 2.80. The zero-order valence-electron chi connectivity index (χ0n) is 14.6. The molecule has 26 heavy (non-hydrogen) atoms. The maximum Gasteiger partial charge on any atom is 0.408 e. The molecule has 1 aliphatic rings. The standard InChI is InChI=1S/C20H22N2O4/c1-14(21-20(24)26-13-15-7-3-2-4-8-15)19(23)22-17-11-12-25-18-10-6-5-9-16(17)18/h2-10,14,17H,11-13H2,1H3,(H,21,24)(H,22,23)/t14-,17+/m0/s1. The van der Waals surface area contributed by atoms with Crippen molar-refractivity contribution in [2.24, 2.45) is 0 Å². The number of rotatable bonds is 5. The highest BCUT2D eigenvalue weighted by molar-refractivity contribution is 5.85. The smallest absolute Gasteiger partial charge is 0.408 e. The lowest BCUT2D eigenvalue weighted by molar-refractivity contribution is -0.123. The lowest BCUT2D eigenvalue weighted by Crippen LogP contribution is -2.46. The van der Waals surface area contributed by atoms with Crippen LogP contribution in [-0.2, 0) is 16.1 Å². The summed E-state index contributed by atoms with van der Waals surface area (Å²) in [5.41, 5.74) is 1.84. The van der Waals surface area contributed by atoms with E-state index in [2.05, 4.69) is 10.6 Å². The molecule has 0 fully saturated rings. The number of alkyl carbamates (subject to hydrolysis) is 1. The molecule has 2 N–H and O–H groups in total. The number of hydrogen-bond donors (Lipinski definition) is 2.